The number of rotatable bonds is 5. The van der Waals surface area contributed by atoms with Crippen LogP contribution < -0.4 is 16.4 Å². The smallest absolute Gasteiger partial charge is 0.214 e. The zero-order valence-corrected chi connectivity index (χ0v) is 19.6. The SMILES string of the molecule is C=C1C2=C(N=C3NC(C4=CCCC=C4)=CN13)N(C=CCN)C(Sc1ccc3ccccc3c1)N2. The molecule has 4 aliphatic rings. The van der Waals surface area contributed by atoms with Crippen LogP contribution in [0.25, 0.3) is 10.8 Å². The summed E-state index contributed by atoms with van der Waals surface area (Å²) in [6, 6.07) is 15.0. The number of hydrogen-bond donors (Lipinski definition) is 3. The standard InChI is InChI=1S/C27H26N6S/c1-18-24-25(31-26-29-23(17-33(18)26)20-9-3-2-4-10-20)32(15-7-14-28)27(30-24)34-22-13-12-19-8-5-6-11-21(19)16-22/h3,5-13,15-17,27,30H,1-2,4,14,28H2,(H,29,31). The molecule has 1 unspecified atom stereocenters. The van der Waals surface area contributed by atoms with Crippen molar-refractivity contribution in [2.24, 2.45) is 10.7 Å². The van der Waals surface area contributed by atoms with Gasteiger partial charge in [-0.3, -0.25) is 4.90 Å². The molecule has 0 amide bonds. The van der Waals surface area contributed by atoms with Gasteiger partial charge in [-0.25, -0.2) is 0 Å². The summed E-state index contributed by atoms with van der Waals surface area (Å²) in [4.78, 5) is 10.3. The number of nitrogens with one attached hydrogen (secondary N) is 2. The Hall–Kier alpha value is -3.68. The monoisotopic (exact) mass is 466 g/mol. The second-order valence-corrected chi connectivity index (χ2v) is 9.56. The maximum absolute atomic E-state index is 5.80. The molecule has 0 fully saturated rings. The van der Waals surface area contributed by atoms with Gasteiger partial charge in [-0.05, 0) is 41.3 Å². The highest BCUT2D eigenvalue weighted by Crippen LogP contribution is 2.39. The highest BCUT2D eigenvalue weighted by atomic mass is 32.2. The lowest BCUT2D eigenvalue weighted by Gasteiger charge is -2.25. The summed E-state index contributed by atoms with van der Waals surface area (Å²) >= 11 is 1.74. The lowest BCUT2D eigenvalue weighted by molar-refractivity contribution is 0.446. The third-order valence-corrected chi connectivity index (χ3v) is 7.28. The Morgan fingerprint density at radius 2 is 2.06 bits per heavy atom. The number of thioether (sulfide) groups is 1. The lowest BCUT2D eigenvalue weighted by atomic mass is 10.1. The number of nitrogens with zero attached hydrogens (tertiary/aromatic N) is 3. The van der Waals surface area contributed by atoms with E-state index < -0.39 is 0 Å². The van der Waals surface area contributed by atoms with Crippen LogP contribution in [0, 0.1) is 0 Å². The van der Waals surface area contributed by atoms with E-state index in [1.165, 1.54) is 21.2 Å². The summed E-state index contributed by atoms with van der Waals surface area (Å²) in [5.74, 6) is 1.61. The fourth-order valence-corrected chi connectivity index (χ4v) is 5.53. The summed E-state index contributed by atoms with van der Waals surface area (Å²) in [5, 5.41) is 9.59. The normalized spacial score (nSPS) is 21.4. The van der Waals surface area contributed by atoms with Gasteiger partial charge in [0.2, 0.25) is 5.96 Å². The first-order chi connectivity index (χ1) is 16.7. The molecule has 34 heavy (non-hydrogen) atoms. The lowest BCUT2D eigenvalue weighted by Crippen LogP contribution is -2.34. The molecule has 6 nitrogen and oxygen atoms in total. The number of benzene rings is 2. The molecule has 2 aromatic carbocycles. The van der Waals surface area contributed by atoms with E-state index in [0.717, 1.165) is 41.7 Å². The Bertz CT molecular complexity index is 1360. The topological polar surface area (TPSA) is 68.9 Å². The van der Waals surface area contributed by atoms with Gasteiger partial charge in [0.25, 0.3) is 0 Å². The van der Waals surface area contributed by atoms with Crippen molar-refractivity contribution >= 4 is 28.5 Å². The van der Waals surface area contributed by atoms with Crippen molar-refractivity contribution in [1.29, 1.82) is 0 Å². The molecular weight excluding hydrogens is 440 g/mol. The molecule has 0 radical (unpaired) electrons. The van der Waals surface area contributed by atoms with Gasteiger partial charge < -0.3 is 21.3 Å². The van der Waals surface area contributed by atoms with E-state index in [-0.39, 0.29) is 5.50 Å². The Morgan fingerprint density at radius 3 is 2.88 bits per heavy atom. The van der Waals surface area contributed by atoms with Crippen LogP contribution in [0.2, 0.25) is 0 Å². The van der Waals surface area contributed by atoms with Gasteiger partial charge in [0.1, 0.15) is 5.70 Å². The molecule has 0 bridgehead atoms. The number of hydrogen-bond acceptors (Lipinski definition) is 7. The Kier molecular flexibility index (Phi) is 5.28. The maximum atomic E-state index is 5.80. The van der Waals surface area contributed by atoms with Crippen LogP contribution in [-0.2, 0) is 0 Å². The molecule has 1 aliphatic carbocycles. The molecule has 3 heterocycles. The number of nitrogens with two attached hydrogens (primary N) is 1. The fraction of sp³-hybridized carbons (Fsp3) is 0.148. The Labute approximate surface area is 203 Å². The number of aliphatic imine (C=N–C) groups is 1. The summed E-state index contributed by atoms with van der Waals surface area (Å²) in [7, 11) is 0. The Balaban J connectivity index is 1.29. The zero-order valence-electron chi connectivity index (χ0n) is 18.7. The van der Waals surface area contributed by atoms with Gasteiger partial charge in [-0.15, -0.1) is 0 Å². The fourth-order valence-electron chi connectivity index (χ4n) is 4.47. The average molecular weight is 467 g/mol. The summed E-state index contributed by atoms with van der Waals surface area (Å²) in [6.45, 7) is 4.85. The molecule has 3 aliphatic heterocycles. The van der Waals surface area contributed by atoms with Gasteiger partial charge in [-0.2, -0.15) is 4.99 Å². The minimum atomic E-state index is -0.0671. The second-order valence-electron chi connectivity index (χ2n) is 8.41. The number of guanidine groups is 1. The van der Waals surface area contributed by atoms with Gasteiger partial charge in [0, 0.05) is 23.8 Å². The third kappa shape index (κ3) is 3.63. The maximum Gasteiger partial charge on any atom is 0.214 e. The largest absolute Gasteiger partial charge is 0.351 e. The van der Waals surface area contributed by atoms with Crippen molar-refractivity contribution in [1.82, 2.24) is 20.4 Å². The predicted octanol–water partition coefficient (Wildman–Crippen LogP) is 4.67. The first-order valence-corrected chi connectivity index (χ1v) is 12.3. The van der Waals surface area contributed by atoms with Crippen molar-refractivity contribution in [2.45, 2.75) is 23.2 Å². The van der Waals surface area contributed by atoms with Gasteiger partial charge in [-0.1, -0.05) is 73.0 Å². The molecule has 0 saturated heterocycles. The van der Waals surface area contributed by atoms with Gasteiger partial charge in [0.15, 0.2) is 11.3 Å². The van der Waals surface area contributed by atoms with Crippen LogP contribution in [-0.4, -0.2) is 27.8 Å². The van der Waals surface area contributed by atoms with Crippen LogP contribution in [0.3, 0.4) is 0 Å². The van der Waals surface area contributed by atoms with E-state index in [1.807, 2.05) is 17.2 Å². The molecule has 0 spiro atoms. The second kappa shape index (κ2) is 8.59. The van der Waals surface area contributed by atoms with Gasteiger partial charge in [0.05, 0.1) is 11.4 Å². The molecule has 170 valence electrons. The van der Waals surface area contributed by atoms with Crippen LogP contribution in [0.4, 0.5) is 0 Å². The van der Waals surface area contributed by atoms with E-state index in [1.54, 1.807) is 11.8 Å². The van der Waals surface area contributed by atoms with E-state index in [0.29, 0.717) is 6.54 Å². The van der Waals surface area contributed by atoms with Crippen molar-refractivity contribution in [3.63, 3.8) is 0 Å². The van der Waals surface area contributed by atoms with E-state index in [2.05, 4.69) is 89.0 Å². The van der Waals surface area contributed by atoms with Crippen LogP contribution >= 0.6 is 11.8 Å². The summed E-state index contributed by atoms with van der Waals surface area (Å²) < 4.78 is 0. The van der Waals surface area contributed by atoms with Crippen molar-refractivity contribution in [3.8, 4) is 0 Å². The molecule has 4 N–H and O–H groups in total. The Morgan fingerprint density at radius 1 is 1.18 bits per heavy atom. The van der Waals surface area contributed by atoms with E-state index >= 15 is 0 Å². The summed E-state index contributed by atoms with van der Waals surface area (Å²) in [5.41, 5.74) is 9.76. The zero-order chi connectivity index (χ0) is 23.1. The highest BCUT2D eigenvalue weighted by molar-refractivity contribution is 7.99. The van der Waals surface area contributed by atoms with Gasteiger partial charge >= 0.3 is 0 Å². The first-order valence-electron chi connectivity index (χ1n) is 11.5. The number of allylic oxidation sites excluding steroid dienone is 3. The third-order valence-electron chi connectivity index (χ3n) is 6.19. The molecule has 1 atom stereocenters. The molecule has 2 aromatic rings. The molecule has 6 rings (SSSR count). The van der Waals surface area contributed by atoms with Crippen LogP contribution in [0.1, 0.15) is 12.8 Å². The van der Waals surface area contributed by atoms with E-state index in [4.69, 9.17) is 10.7 Å². The predicted molar refractivity (Wildman–Crippen MR) is 140 cm³/mol. The van der Waals surface area contributed by atoms with Crippen LogP contribution in [0.15, 0.2) is 124 Å². The first kappa shape index (κ1) is 20.9. The molecule has 7 heteroatoms. The van der Waals surface area contributed by atoms with Crippen molar-refractivity contribution < 1.29 is 0 Å². The van der Waals surface area contributed by atoms with Crippen LogP contribution in [0.5, 0.6) is 0 Å². The molecule has 0 saturated carbocycles. The summed E-state index contributed by atoms with van der Waals surface area (Å²) in [6.07, 6.45) is 14.8. The average Bonchev–Trinajstić information content (AvgIpc) is 3.45. The quantitative estimate of drug-likeness (QED) is 0.595. The minimum Gasteiger partial charge on any atom is -0.351 e. The number of fused-ring (bicyclic) bond motifs is 2. The highest BCUT2D eigenvalue weighted by Gasteiger charge is 2.39. The minimum absolute atomic E-state index is 0.0671. The van der Waals surface area contributed by atoms with E-state index in [9.17, 15) is 0 Å². The van der Waals surface area contributed by atoms with Crippen molar-refractivity contribution in [2.75, 3.05) is 6.54 Å². The molecular formula is C27H26N6S. The molecule has 0 aromatic heterocycles. The van der Waals surface area contributed by atoms with Crippen molar-refractivity contribution in [3.05, 3.63) is 114 Å².